The van der Waals surface area contributed by atoms with Crippen molar-refractivity contribution in [1.29, 1.82) is 0 Å². The topological polar surface area (TPSA) is 49.8 Å². The maximum absolute atomic E-state index is 13.1. The van der Waals surface area contributed by atoms with Crippen molar-refractivity contribution in [2.24, 2.45) is 0 Å². The summed E-state index contributed by atoms with van der Waals surface area (Å²) in [5.41, 5.74) is 0.149. The van der Waals surface area contributed by atoms with E-state index in [2.05, 4.69) is 20.6 Å². The van der Waals surface area contributed by atoms with E-state index in [-0.39, 0.29) is 11.5 Å². The first-order valence-corrected chi connectivity index (χ1v) is 8.04. The Morgan fingerprint density at radius 3 is 2.42 bits per heavy atom. The van der Waals surface area contributed by atoms with Gasteiger partial charge in [-0.25, -0.2) is 4.98 Å². The second-order valence-corrected chi connectivity index (χ2v) is 5.85. The molecule has 3 rings (SSSR count). The number of benzene rings is 2. The molecule has 3 aromatic rings. The molecule has 0 radical (unpaired) electrons. The highest BCUT2D eigenvalue weighted by Gasteiger charge is 2.33. The second-order valence-electron chi connectivity index (χ2n) is 5.41. The van der Waals surface area contributed by atoms with Gasteiger partial charge in [0.05, 0.1) is 11.3 Å². The standard InChI is InChI=1S/C18H14ClF3N4/c19-13-7-5-12(6-8-13)11-24-17-23-10-9-16(26-17)25-15-4-2-1-3-14(15)18(20,21)22/h1-10H,11H2,(H2,23,24,25,26). The number of anilines is 3. The van der Waals surface area contributed by atoms with Gasteiger partial charge in [-0.3, -0.25) is 0 Å². The molecular formula is C18H14ClF3N4. The first-order chi connectivity index (χ1) is 12.4. The molecule has 0 spiro atoms. The van der Waals surface area contributed by atoms with E-state index in [9.17, 15) is 13.2 Å². The molecule has 2 N–H and O–H groups in total. The van der Waals surface area contributed by atoms with Crippen molar-refractivity contribution in [3.05, 3.63) is 76.9 Å². The molecule has 1 aromatic heterocycles. The van der Waals surface area contributed by atoms with Crippen LogP contribution in [0.5, 0.6) is 0 Å². The molecule has 0 fully saturated rings. The highest BCUT2D eigenvalue weighted by atomic mass is 35.5. The minimum absolute atomic E-state index is 0.0673. The summed E-state index contributed by atoms with van der Waals surface area (Å²) in [6.07, 6.45) is -2.98. The first-order valence-electron chi connectivity index (χ1n) is 7.66. The summed E-state index contributed by atoms with van der Waals surface area (Å²) in [5.74, 6) is 0.560. The predicted octanol–water partition coefficient (Wildman–Crippen LogP) is 5.50. The van der Waals surface area contributed by atoms with Crippen LogP contribution in [0.1, 0.15) is 11.1 Å². The van der Waals surface area contributed by atoms with Gasteiger partial charge in [0, 0.05) is 17.8 Å². The molecule has 0 aliphatic carbocycles. The molecule has 0 aliphatic rings. The van der Waals surface area contributed by atoms with Crippen molar-refractivity contribution >= 4 is 29.1 Å². The van der Waals surface area contributed by atoms with Gasteiger partial charge in [-0.1, -0.05) is 35.9 Å². The third-order valence-corrected chi connectivity index (χ3v) is 3.77. The van der Waals surface area contributed by atoms with E-state index >= 15 is 0 Å². The zero-order chi connectivity index (χ0) is 18.6. The van der Waals surface area contributed by atoms with Gasteiger partial charge in [0.15, 0.2) is 0 Å². The molecule has 2 aromatic carbocycles. The SMILES string of the molecule is FC(F)(F)c1ccccc1Nc1ccnc(NCc2ccc(Cl)cc2)n1. The molecule has 8 heteroatoms. The number of hydrogen-bond acceptors (Lipinski definition) is 4. The van der Waals surface area contributed by atoms with Gasteiger partial charge < -0.3 is 10.6 Å². The summed E-state index contributed by atoms with van der Waals surface area (Å²) in [4.78, 5) is 8.27. The summed E-state index contributed by atoms with van der Waals surface area (Å²) >= 11 is 5.84. The van der Waals surface area contributed by atoms with Gasteiger partial charge in [-0.05, 0) is 35.9 Å². The summed E-state index contributed by atoms with van der Waals surface area (Å²) in [6, 6.07) is 14.0. The Kier molecular flexibility index (Phi) is 5.27. The molecule has 134 valence electrons. The Balaban J connectivity index is 1.73. The molecule has 26 heavy (non-hydrogen) atoms. The zero-order valence-corrected chi connectivity index (χ0v) is 14.1. The van der Waals surface area contributed by atoms with Crippen LogP contribution in [0.4, 0.5) is 30.6 Å². The fourth-order valence-corrected chi connectivity index (χ4v) is 2.40. The van der Waals surface area contributed by atoms with Crippen LogP contribution in [-0.2, 0) is 12.7 Å². The van der Waals surface area contributed by atoms with Crippen LogP contribution in [-0.4, -0.2) is 9.97 Å². The van der Waals surface area contributed by atoms with Crippen molar-refractivity contribution in [3.8, 4) is 0 Å². The van der Waals surface area contributed by atoms with Crippen LogP contribution in [0.25, 0.3) is 0 Å². The number of hydrogen-bond donors (Lipinski definition) is 2. The van der Waals surface area contributed by atoms with Gasteiger partial charge in [-0.2, -0.15) is 18.2 Å². The number of alkyl halides is 3. The van der Waals surface area contributed by atoms with E-state index in [1.807, 2.05) is 12.1 Å². The number of para-hydroxylation sites is 1. The fourth-order valence-electron chi connectivity index (χ4n) is 2.27. The minimum atomic E-state index is -4.45. The Hall–Kier alpha value is -2.80. The summed E-state index contributed by atoms with van der Waals surface area (Å²) in [5, 5.41) is 6.36. The third kappa shape index (κ3) is 4.64. The number of nitrogens with one attached hydrogen (secondary N) is 2. The minimum Gasteiger partial charge on any atom is -0.350 e. The number of halogens is 4. The van der Waals surface area contributed by atoms with Crippen LogP contribution in [0.3, 0.4) is 0 Å². The summed E-state index contributed by atoms with van der Waals surface area (Å²) < 4.78 is 39.2. The smallest absolute Gasteiger partial charge is 0.350 e. The van der Waals surface area contributed by atoms with E-state index in [1.165, 1.54) is 30.5 Å². The highest BCUT2D eigenvalue weighted by molar-refractivity contribution is 6.30. The molecule has 0 saturated carbocycles. The van der Waals surface area contributed by atoms with Gasteiger partial charge in [0.2, 0.25) is 5.95 Å². The van der Waals surface area contributed by atoms with E-state index in [0.717, 1.165) is 11.6 Å². The monoisotopic (exact) mass is 378 g/mol. The highest BCUT2D eigenvalue weighted by Crippen LogP contribution is 2.35. The predicted molar refractivity (Wildman–Crippen MR) is 95.5 cm³/mol. The Morgan fingerprint density at radius 2 is 1.69 bits per heavy atom. The van der Waals surface area contributed by atoms with Crippen LogP contribution in [0.2, 0.25) is 5.02 Å². The van der Waals surface area contributed by atoms with Crippen molar-refractivity contribution in [2.45, 2.75) is 12.7 Å². The van der Waals surface area contributed by atoms with E-state index in [0.29, 0.717) is 17.5 Å². The lowest BCUT2D eigenvalue weighted by atomic mass is 10.1. The van der Waals surface area contributed by atoms with E-state index in [1.54, 1.807) is 12.1 Å². The first kappa shape index (κ1) is 18.0. The number of nitrogens with zero attached hydrogens (tertiary/aromatic N) is 2. The lowest BCUT2D eigenvalue weighted by molar-refractivity contribution is -0.136. The molecule has 0 atom stereocenters. The average molecular weight is 379 g/mol. The molecule has 0 amide bonds. The molecule has 0 aliphatic heterocycles. The zero-order valence-electron chi connectivity index (χ0n) is 13.4. The summed E-state index contributed by atoms with van der Waals surface area (Å²) in [6.45, 7) is 0.458. The fraction of sp³-hybridized carbons (Fsp3) is 0.111. The lowest BCUT2D eigenvalue weighted by Crippen LogP contribution is -2.09. The normalized spacial score (nSPS) is 11.2. The van der Waals surface area contributed by atoms with Crippen molar-refractivity contribution in [1.82, 2.24) is 9.97 Å². The third-order valence-electron chi connectivity index (χ3n) is 3.51. The second kappa shape index (κ2) is 7.61. The Labute approximate surface area is 153 Å². The van der Waals surface area contributed by atoms with Gasteiger partial charge >= 0.3 is 6.18 Å². The van der Waals surface area contributed by atoms with Gasteiger partial charge in [-0.15, -0.1) is 0 Å². The summed E-state index contributed by atoms with van der Waals surface area (Å²) in [7, 11) is 0. The Morgan fingerprint density at radius 1 is 0.962 bits per heavy atom. The van der Waals surface area contributed by atoms with Crippen molar-refractivity contribution in [3.63, 3.8) is 0 Å². The van der Waals surface area contributed by atoms with E-state index in [4.69, 9.17) is 11.6 Å². The maximum Gasteiger partial charge on any atom is 0.418 e. The quantitative estimate of drug-likeness (QED) is 0.615. The molecule has 0 bridgehead atoms. The van der Waals surface area contributed by atoms with Crippen molar-refractivity contribution in [2.75, 3.05) is 10.6 Å². The van der Waals surface area contributed by atoms with E-state index < -0.39 is 11.7 Å². The molecular weight excluding hydrogens is 365 g/mol. The van der Waals surface area contributed by atoms with Gasteiger partial charge in [0.1, 0.15) is 5.82 Å². The van der Waals surface area contributed by atoms with Crippen LogP contribution in [0, 0.1) is 0 Å². The number of rotatable bonds is 5. The maximum atomic E-state index is 13.1. The van der Waals surface area contributed by atoms with Crippen LogP contribution < -0.4 is 10.6 Å². The van der Waals surface area contributed by atoms with Crippen LogP contribution >= 0.6 is 11.6 Å². The van der Waals surface area contributed by atoms with Crippen LogP contribution in [0.15, 0.2) is 60.8 Å². The van der Waals surface area contributed by atoms with Gasteiger partial charge in [0.25, 0.3) is 0 Å². The lowest BCUT2D eigenvalue weighted by Gasteiger charge is -2.14. The van der Waals surface area contributed by atoms with Crippen molar-refractivity contribution < 1.29 is 13.2 Å². The molecule has 0 saturated heterocycles. The largest absolute Gasteiger partial charge is 0.418 e. The Bertz CT molecular complexity index is 882. The molecule has 1 heterocycles. The number of aromatic nitrogens is 2. The molecule has 0 unspecified atom stereocenters. The molecule has 4 nitrogen and oxygen atoms in total. The average Bonchev–Trinajstić information content (AvgIpc) is 2.61.